The van der Waals surface area contributed by atoms with Crippen LogP contribution in [0.1, 0.15) is 55.9 Å². The van der Waals surface area contributed by atoms with Crippen molar-refractivity contribution in [3.8, 4) is 16.9 Å². The van der Waals surface area contributed by atoms with Gasteiger partial charge in [-0.2, -0.15) is 0 Å². The highest BCUT2D eigenvalue weighted by Gasteiger charge is 2.25. The molecular weight excluding hydrogens is 502 g/mol. The van der Waals surface area contributed by atoms with Crippen LogP contribution in [-0.2, 0) is 44.4 Å². The molecule has 0 aliphatic carbocycles. The van der Waals surface area contributed by atoms with Crippen molar-refractivity contribution >= 4 is 21.8 Å². The van der Waals surface area contributed by atoms with Gasteiger partial charge < -0.3 is 4.74 Å². The fourth-order valence-electron chi connectivity index (χ4n) is 5.18. The van der Waals surface area contributed by atoms with Crippen LogP contribution in [0.3, 0.4) is 0 Å². The van der Waals surface area contributed by atoms with E-state index in [1.807, 2.05) is 6.08 Å². The lowest BCUT2D eigenvalue weighted by molar-refractivity contribution is -0.128. The topological polar surface area (TPSA) is 105 Å². The van der Waals surface area contributed by atoms with Crippen molar-refractivity contribution in [2.24, 2.45) is 5.92 Å². The van der Waals surface area contributed by atoms with Gasteiger partial charge in [-0.3, -0.25) is 14.9 Å². The average Bonchev–Trinajstić information content (AvgIpc) is 2.82. The van der Waals surface area contributed by atoms with Gasteiger partial charge in [0.15, 0.2) is 0 Å². The predicted octanol–water partition coefficient (Wildman–Crippen LogP) is 3.63. The van der Waals surface area contributed by atoms with Crippen LogP contribution in [0, 0.1) is 5.92 Å². The molecule has 2 heterocycles. The fraction of sp³-hybridized carbons (Fsp3) is 0.448. The molecule has 9 heteroatoms. The van der Waals surface area contributed by atoms with Crippen molar-refractivity contribution in [1.29, 1.82) is 0 Å². The minimum atomic E-state index is -3.32. The zero-order valence-corrected chi connectivity index (χ0v) is 23.6. The molecule has 0 saturated heterocycles. The lowest BCUT2D eigenvalue weighted by Crippen LogP contribution is -2.44. The maximum absolute atomic E-state index is 11.9. The molecule has 0 radical (unpaired) electrons. The Bertz CT molecular complexity index is 1380. The molecule has 2 N–H and O–H groups in total. The van der Waals surface area contributed by atoms with E-state index >= 15 is 0 Å². The lowest BCUT2D eigenvalue weighted by Gasteiger charge is -2.29. The lowest BCUT2D eigenvalue weighted by atomic mass is 9.81. The number of methoxy groups -OCH3 is 1. The molecule has 0 fully saturated rings. The van der Waals surface area contributed by atoms with Crippen LogP contribution in [0.2, 0.25) is 0 Å². The summed E-state index contributed by atoms with van der Waals surface area (Å²) in [4.78, 5) is 26.4. The van der Waals surface area contributed by atoms with E-state index in [0.29, 0.717) is 32.4 Å². The second-order valence-corrected chi connectivity index (χ2v) is 13.0. The Morgan fingerprint density at radius 3 is 2.55 bits per heavy atom. The third-order valence-corrected chi connectivity index (χ3v) is 7.60. The third kappa shape index (κ3) is 6.89. The van der Waals surface area contributed by atoms with Crippen LogP contribution in [0.5, 0.6) is 5.75 Å². The predicted molar refractivity (Wildman–Crippen MR) is 148 cm³/mol. The maximum atomic E-state index is 11.9. The summed E-state index contributed by atoms with van der Waals surface area (Å²) in [5.74, 6) is 0.287. The van der Waals surface area contributed by atoms with Crippen molar-refractivity contribution < 1.29 is 22.7 Å². The van der Waals surface area contributed by atoms with Gasteiger partial charge in [0.2, 0.25) is 21.8 Å². The average molecular weight is 540 g/mol. The number of sulfonamides is 1. The highest BCUT2D eigenvalue weighted by molar-refractivity contribution is 7.88. The van der Waals surface area contributed by atoms with Crippen LogP contribution in [-0.4, -0.2) is 45.2 Å². The van der Waals surface area contributed by atoms with Crippen molar-refractivity contribution in [2.75, 3.05) is 19.9 Å². The van der Waals surface area contributed by atoms with Gasteiger partial charge in [-0.05, 0) is 65.0 Å². The molecule has 2 aliphatic rings. The van der Waals surface area contributed by atoms with Gasteiger partial charge in [-0.1, -0.05) is 51.1 Å². The zero-order chi connectivity index (χ0) is 27.7. The van der Waals surface area contributed by atoms with E-state index in [4.69, 9.17) is 4.74 Å². The van der Waals surface area contributed by atoms with E-state index in [9.17, 15) is 18.0 Å². The third-order valence-electron chi connectivity index (χ3n) is 7.01. The first-order valence-corrected chi connectivity index (χ1v) is 14.8. The van der Waals surface area contributed by atoms with E-state index in [2.05, 4.69) is 61.3 Å². The summed E-state index contributed by atoms with van der Waals surface area (Å²) in [5, 5.41) is 4.09. The quantitative estimate of drug-likeness (QED) is 0.544. The van der Waals surface area contributed by atoms with E-state index in [1.54, 1.807) is 12.1 Å². The molecule has 204 valence electrons. The number of hydrogen-bond donors (Lipinski definition) is 2. The van der Waals surface area contributed by atoms with Gasteiger partial charge in [0.1, 0.15) is 5.75 Å². The first kappa shape index (κ1) is 28.0. The van der Waals surface area contributed by atoms with Gasteiger partial charge in [0.25, 0.3) is 0 Å². The number of nitrogens with zero attached hydrogens (tertiary/aromatic N) is 1. The molecular formula is C29H37N3O5S. The summed E-state index contributed by atoms with van der Waals surface area (Å²) < 4.78 is 29.3. The van der Waals surface area contributed by atoms with Gasteiger partial charge in [-0.15, -0.1) is 4.83 Å². The number of fused-ring (bicyclic) bond motifs is 1. The number of rotatable bonds is 6. The molecule has 2 aromatic rings. The number of ether oxygens (including phenoxy) is 1. The smallest absolute Gasteiger partial charge is 0.250 e. The maximum Gasteiger partial charge on any atom is 0.250 e. The fourth-order valence-corrected chi connectivity index (χ4v) is 5.81. The first-order chi connectivity index (χ1) is 17.8. The number of hydrogen-bond acceptors (Lipinski definition) is 6. The van der Waals surface area contributed by atoms with Crippen LogP contribution in [0.4, 0.5) is 0 Å². The molecule has 38 heavy (non-hydrogen) atoms. The minimum absolute atomic E-state index is 0.0657. The minimum Gasteiger partial charge on any atom is -0.496 e. The Balaban J connectivity index is 1.71. The van der Waals surface area contributed by atoms with Crippen molar-refractivity contribution in [2.45, 2.75) is 58.4 Å². The number of carbonyl (C=O) groups excluding carboxylic acids is 2. The van der Waals surface area contributed by atoms with Crippen LogP contribution in [0.15, 0.2) is 42.5 Å². The molecule has 1 atom stereocenters. The molecule has 8 nitrogen and oxygen atoms in total. The number of hydrazine groups is 1. The largest absolute Gasteiger partial charge is 0.496 e. The van der Waals surface area contributed by atoms with Crippen molar-refractivity contribution in [3.63, 3.8) is 0 Å². The van der Waals surface area contributed by atoms with Gasteiger partial charge in [0.05, 0.1) is 13.4 Å². The molecule has 4 rings (SSSR count). The summed E-state index contributed by atoms with van der Waals surface area (Å²) in [6, 6.07) is 10.6. The van der Waals surface area contributed by atoms with E-state index in [0.717, 1.165) is 46.2 Å². The van der Waals surface area contributed by atoms with E-state index < -0.39 is 10.0 Å². The zero-order valence-electron chi connectivity index (χ0n) is 22.8. The Morgan fingerprint density at radius 2 is 1.87 bits per heavy atom. The van der Waals surface area contributed by atoms with Crippen LogP contribution < -0.4 is 14.9 Å². The number of imide groups is 1. The Labute approximate surface area is 225 Å². The molecule has 0 saturated carbocycles. The SMILES string of the molecule is COc1c(-c2ccc3c(c2)CCN(NS(C)(=O)=O)C3)cc(CC2C=CC(=O)NC(=O)CC2)cc1C(C)(C)C. The molecule has 0 aromatic heterocycles. The van der Waals surface area contributed by atoms with E-state index in [1.165, 1.54) is 11.6 Å². The molecule has 1 unspecified atom stereocenters. The van der Waals surface area contributed by atoms with Crippen LogP contribution >= 0.6 is 0 Å². The molecule has 2 amide bonds. The second kappa shape index (κ2) is 11.0. The molecule has 0 spiro atoms. The first-order valence-electron chi connectivity index (χ1n) is 12.9. The Hall–Kier alpha value is -3.01. The standard InChI is InChI=1S/C29H37N3O5S/c1-29(2,3)25-16-20(14-19-6-10-26(33)30-27(34)11-7-19)15-24(28(25)37-4)22-8-9-23-18-32(31-38(5,35)36)13-12-21(23)17-22/h6,8-10,15-17,19,31H,7,11-14,18H2,1-5H3,(H,30,33,34). The van der Waals surface area contributed by atoms with E-state index in [-0.39, 0.29) is 23.1 Å². The van der Waals surface area contributed by atoms with Gasteiger partial charge >= 0.3 is 0 Å². The van der Waals surface area contributed by atoms with Crippen LogP contribution in [0.25, 0.3) is 11.1 Å². The highest BCUT2D eigenvalue weighted by Crippen LogP contribution is 2.41. The van der Waals surface area contributed by atoms with Crippen molar-refractivity contribution in [3.05, 3.63) is 64.7 Å². The van der Waals surface area contributed by atoms with Gasteiger partial charge in [-0.25, -0.2) is 13.4 Å². The molecule has 2 aliphatic heterocycles. The Morgan fingerprint density at radius 1 is 1.11 bits per heavy atom. The van der Waals surface area contributed by atoms with Crippen molar-refractivity contribution in [1.82, 2.24) is 15.2 Å². The normalized spacial score (nSPS) is 18.9. The summed E-state index contributed by atoms with van der Waals surface area (Å²) in [6.45, 7) is 7.58. The molecule has 0 bridgehead atoms. The number of allylic oxidation sites excluding steroid dienone is 1. The molecule has 2 aromatic carbocycles. The number of nitrogens with one attached hydrogen (secondary N) is 2. The van der Waals surface area contributed by atoms with Gasteiger partial charge in [0, 0.05) is 30.6 Å². The highest BCUT2D eigenvalue weighted by atomic mass is 32.2. The Kier molecular flexibility index (Phi) is 8.11. The summed E-state index contributed by atoms with van der Waals surface area (Å²) in [7, 11) is -1.62. The number of amides is 2. The number of benzene rings is 2. The summed E-state index contributed by atoms with van der Waals surface area (Å²) in [5.41, 5.74) is 6.36. The summed E-state index contributed by atoms with van der Waals surface area (Å²) in [6.07, 6.45) is 6.93. The summed E-state index contributed by atoms with van der Waals surface area (Å²) >= 11 is 0. The second-order valence-electron chi connectivity index (χ2n) is 11.3. The number of carbonyl (C=O) groups is 2. The monoisotopic (exact) mass is 539 g/mol.